The Balaban J connectivity index is 2.27. The summed E-state index contributed by atoms with van der Waals surface area (Å²) in [5, 5.41) is 28.5. The summed E-state index contributed by atoms with van der Waals surface area (Å²) in [5.41, 5.74) is 2.64. The van der Waals surface area contributed by atoms with E-state index in [1.807, 2.05) is 25.1 Å². The van der Waals surface area contributed by atoms with Gasteiger partial charge in [-0.05, 0) is 42.2 Å². The van der Waals surface area contributed by atoms with Gasteiger partial charge in [-0.25, -0.2) is 4.98 Å². The van der Waals surface area contributed by atoms with Gasteiger partial charge in [-0.1, -0.05) is 26.8 Å². The average Bonchev–Trinajstić information content (AvgIpc) is 2.54. The fourth-order valence-corrected chi connectivity index (χ4v) is 2.39. The SMILES string of the molecule is CC(Oc1ccc(C(C)(C)C)cc1CO)c1ccc(O)c(CO)n1. The van der Waals surface area contributed by atoms with Crippen LogP contribution in [-0.2, 0) is 18.6 Å². The van der Waals surface area contributed by atoms with Crippen LogP contribution in [0.15, 0.2) is 30.3 Å². The molecule has 3 N–H and O–H groups in total. The molecule has 0 fully saturated rings. The van der Waals surface area contributed by atoms with Crippen molar-refractivity contribution in [1.29, 1.82) is 0 Å². The lowest BCUT2D eigenvalue weighted by Gasteiger charge is -2.22. The van der Waals surface area contributed by atoms with Crippen LogP contribution in [0.4, 0.5) is 0 Å². The Hall–Kier alpha value is -2.11. The maximum atomic E-state index is 9.65. The molecule has 2 rings (SSSR count). The summed E-state index contributed by atoms with van der Waals surface area (Å²) in [7, 11) is 0. The van der Waals surface area contributed by atoms with Gasteiger partial charge in [-0.2, -0.15) is 0 Å². The van der Waals surface area contributed by atoms with Crippen molar-refractivity contribution in [1.82, 2.24) is 4.98 Å². The van der Waals surface area contributed by atoms with E-state index in [4.69, 9.17) is 4.74 Å². The Morgan fingerprint density at radius 3 is 2.38 bits per heavy atom. The van der Waals surface area contributed by atoms with Gasteiger partial charge in [0.05, 0.1) is 18.9 Å². The van der Waals surface area contributed by atoms with E-state index in [1.165, 1.54) is 6.07 Å². The number of aromatic nitrogens is 1. The minimum absolute atomic E-state index is 0.0113. The second-order valence-corrected chi connectivity index (χ2v) is 6.85. The van der Waals surface area contributed by atoms with Gasteiger partial charge >= 0.3 is 0 Å². The molecule has 0 amide bonds. The van der Waals surface area contributed by atoms with Gasteiger partial charge in [0.1, 0.15) is 23.3 Å². The minimum Gasteiger partial charge on any atom is -0.506 e. The standard InChI is InChI=1S/C19H25NO4/c1-12(15-6-7-17(23)16(11-22)20-15)24-18-8-5-14(19(2,3)4)9-13(18)10-21/h5-9,12,21-23H,10-11H2,1-4H3. The van der Waals surface area contributed by atoms with Gasteiger partial charge in [-0.15, -0.1) is 0 Å². The van der Waals surface area contributed by atoms with E-state index in [9.17, 15) is 15.3 Å². The number of aromatic hydroxyl groups is 1. The van der Waals surface area contributed by atoms with Gasteiger partial charge < -0.3 is 20.1 Å². The molecule has 5 nitrogen and oxygen atoms in total. The predicted molar refractivity (Wildman–Crippen MR) is 91.9 cm³/mol. The number of benzene rings is 1. The van der Waals surface area contributed by atoms with E-state index in [-0.39, 0.29) is 36.2 Å². The summed E-state index contributed by atoms with van der Waals surface area (Å²) in [4.78, 5) is 4.21. The van der Waals surface area contributed by atoms with Crippen molar-refractivity contribution in [2.24, 2.45) is 0 Å². The molecule has 130 valence electrons. The molecule has 0 radical (unpaired) electrons. The Bertz CT molecular complexity index is 707. The molecular weight excluding hydrogens is 306 g/mol. The summed E-state index contributed by atoms with van der Waals surface area (Å²) in [6.07, 6.45) is -0.387. The van der Waals surface area contributed by atoms with Gasteiger partial charge in [0, 0.05) is 5.56 Å². The number of hydrogen-bond donors (Lipinski definition) is 3. The van der Waals surface area contributed by atoms with Crippen LogP contribution in [0.25, 0.3) is 0 Å². The predicted octanol–water partition coefficient (Wildman–Crippen LogP) is 3.21. The van der Waals surface area contributed by atoms with Crippen molar-refractivity contribution in [3.05, 3.63) is 52.8 Å². The lowest BCUT2D eigenvalue weighted by Crippen LogP contribution is -2.13. The number of aliphatic hydroxyl groups excluding tert-OH is 2. The molecule has 24 heavy (non-hydrogen) atoms. The molecule has 1 heterocycles. The molecule has 1 atom stereocenters. The molecule has 0 spiro atoms. The highest BCUT2D eigenvalue weighted by Crippen LogP contribution is 2.31. The van der Waals surface area contributed by atoms with Crippen molar-refractivity contribution in [3.8, 4) is 11.5 Å². The zero-order chi connectivity index (χ0) is 17.9. The first kappa shape index (κ1) is 18.2. The maximum Gasteiger partial charge on any atom is 0.139 e. The highest BCUT2D eigenvalue weighted by Gasteiger charge is 2.18. The highest BCUT2D eigenvalue weighted by atomic mass is 16.5. The van der Waals surface area contributed by atoms with E-state index in [0.717, 1.165) is 11.1 Å². The summed E-state index contributed by atoms with van der Waals surface area (Å²) < 4.78 is 5.94. The molecule has 0 saturated carbocycles. The monoisotopic (exact) mass is 331 g/mol. The molecule has 0 aliphatic carbocycles. The number of ether oxygens (including phenoxy) is 1. The summed E-state index contributed by atoms with van der Waals surface area (Å²) in [5.74, 6) is 0.553. The Morgan fingerprint density at radius 2 is 1.79 bits per heavy atom. The van der Waals surface area contributed by atoms with Gasteiger partial charge in [0.15, 0.2) is 0 Å². The molecule has 1 aromatic heterocycles. The van der Waals surface area contributed by atoms with Crippen LogP contribution in [0.1, 0.15) is 56.3 Å². The fourth-order valence-electron chi connectivity index (χ4n) is 2.39. The van der Waals surface area contributed by atoms with Crippen molar-refractivity contribution in [3.63, 3.8) is 0 Å². The molecule has 5 heteroatoms. The smallest absolute Gasteiger partial charge is 0.139 e. The Kier molecular flexibility index (Phi) is 5.47. The number of nitrogens with zero attached hydrogens (tertiary/aromatic N) is 1. The maximum absolute atomic E-state index is 9.65. The van der Waals surface area contributed by atoms with Crippen LogP contribution in [0.5, 0.6) is 11.5 Å². The topological polar surface area (TPSA) is 82.8 Å². The summed E-state index contributed by atoms with van der Waals surface area (Å²) in [6.45, 7) is 7.72. The van der Waals surface area contributed by atoms with Crippen molar-refractivity contribution >= 4 is 0 Å². The Labute approximate surface area is 142 Å². The van der Waals surface area contributed by atoms with E-state index in [2.05, 4.69) is 25.8 Å². The molecule has 0 aliphatic heterocycles. The summed E-state index contributed by atoms with van der Waals surface area (Å²) >= 11 is 0. The molecule has 0 aliphatic rings. The average molecular weight is 331 g/mol. The second kappa shape index (κ2) is 7.20. The Morgan fingerprint density at radius 1 is 1.08 bits per heavy atom. The third-order valence-electron chi connectivity index (χ3n) is 3.94. The molecule has 1 unspecified atom stereocenters. The third kappa shape index (κ3) is 4.04. The normalized spacial score (nSPS) is 12.9. The minimum atomic E-state index is -0.387. The van der Waals surface area contributed by atoms with Gasteiger partial charge in [0.25, 0.3) is 0 Å². The van der Waals surface area contributed by atoms with Crippen molar-refractivity contribution < 1.29 is 20.1 Å². The number of rotatable bonds is 5. The third-order valence-corrected chi connectivity index (χ3v) is 3.94. The number of aliphatic hydroxyl groups is 2. The van der Waals surface area contributed by atoms with Crippen molar-refractivity contribution in [2.45, 2.75) is 52.4 Å². The first-order valence-electron chi connectivity index (χ1n) is 7.96. The molecular formula is C19H25NO4. The molecule has 0 saturated heterocycles. The van der Waals surface area contributed by atoms with Crippen LogP contribution >= 0.6 is 0 Å². The van der Waals surface area contributed by atoms with Crippen LogP contribution in [0.3, 0.4) is 0 Å². The fraction of sp³-hybridized carbons (Fsp3) is 0.421. The van der Waals surface area contributed by atoms with Crippen molar-refractivity contribution in [2.75, 3.05) is 0 Å². The lowest BCUT2D eigenvalue weighted by molar-refractivity contribution is 0.207. The largest absolute Gasteiger partial charge is 0.506 e. The van der Waals surface area contributed by atoms with Gasteiger partial charge in [0.2, 0.25) is 0 Å². The van der Waals surface area contributed by atoms with Crippen LogP contribution < -0.4 is 4.74 Å². The molecule has 2 aromatic rings. The van der Waals surface area contributed by atoms with Crippen LogP contribution in [0, 0.1) is 0 Å². The lowest BCUT2D eigenvalue weighted by atomic mass is 9.86. The van der Waals surface area contributed by atoms with E-state index in [1.54, 1.807) is 6.07 Å². The first-order valence-corrected chi connectivity index (χ1v) is 7.96. The summed E-state index contributed by atoms with van der Waals surface area (Å²) in [6, 6.07) is 8.94. The van der Waals surface area contributed by atoms with Gasteiger partial charge in [-0.3, -0.25) is 0 Å². The quantitative estimate of drug-likeness (QED) is 0.783. The first-order chi connectivity index (χ1) is 11.3. The van der Waals surface area contributed by atoms with Crippen LogP contribution in [0.2, 0.25) is 0 Å². The molecule has 1 aromatic carbocycles. The zero-order valence-corrected chi connectivity index (χ0v) is 14.6. The van der Waals surface area contributed by atoms with E-state index < -0.39 is 0 Å². The highest BCUT2D eigenvalue weighted by molar-refractivity contribution is 5.40. The van der Waals surface area contributed by atoms with E-state index in [0.29, 0.717) is 11.4 Å². The zero-order valence-electron chi connectivity index (χ0n) is 14.6. The molecule has 0 bridgehead atoms. The number of pyridine rings is 1. The van der Waals surface area contributed by atoms with E-state index >= 15 is 0 Å². The number of hydrogen-bond acceptors (Lipinski definition) is 5. The second-order valence-electron chi connectivity index (χ2n) is 6.85. The van der Waals surface area contributed by atoms with Crippen LogP contribution in [-0.4, -0.2) is 20.3 Å².